The van der Waals surface area contributed by atoms with Crippen LogP contribution in [0, 0.1) is 6.92 Å². The molecule has 1 saturated heterocycles. The molecule has 128 valence electrons. The second-order valence-corrected chi connectivity index (χ2v) is 6.30. The normalized spacial score (nSPS) is 15.4. The Morgan fingerprint density at radius 1 is 1.17 bits per heavy atom. The molecule has 3 rings (SSSR count). The third-order valence-electron chi connectivity index (χ3n) is 4.44. The molecule has 6 nitrogen and oxygen atoms in total. The highest BCUT2D eigenvalue weighted by atomic mass is 16.2. The molecular formula is C18H25N5O. The molecular weight excluding hydrogens is 302 g/mol. The molecule has 0 unspecified atom stereocenters. The van der Waals surface area contributed by atoms with Gasteiger partial charge in [0.2, 0.25) is 5.91 Å². The molecule has 0 aliphatic carbocycles. The van der Waals surface area contributed by atoms with E-state index in [1.54, 1.807) is 4.68 Å². The van der Waals surface area contributed by atoms with Gasteiger partial charge in [-0.25, -0.2) is 4.68 Å². The molecule has 0 bridgehead atoms. The molecule has 1 fully saturated rings. The summed E-state index contributed by atoms with van der Waals surface area (Å²) in [6.07, 6.45) is 3.87. The zero-order chi connectivity index (χ0) is 16.8. The Labute approximate surface area is 142 Å². The lowest BCUT2D eigenvalue weighted by atomic mass is 10.1. The number of aryl methyl sites for hydroxylation is 1. The quantitative estimate of drug-likeness (QED) is 0.879. The third kappa shape index (κ3) is 4.20. The predicted octanol–water partition coefficient (Wildman–Crippen LogP) is 1.86. The number of hydrogen-bond acceptors (Lipinski definition) is 4. The Kier molecular flexibility index (Phi) is 5.59. The van der Waals surface area contributed by atoms with Gasteiger partial charge in [0.05, 0.1) is 11.4 Å². The van der Waals surface area contributed by atoms with Crippen LogP contribution in [-0.4, -0.2) is 52.0 Å². The molecule has 1 aromatic carbocycles. The van der Waals surface area contributed by atoms with Crippen LogP contribution in [0.1, 0.15) is 25.0 Å². The van der Waals surface area contributed by atoms with Gasteiger partial charge in [0.1, 0.15) is 6.54 Å². The largest absolute Gasteiger partial charge is 0.353 e. The van der Waals surface area contributed by atoms with Crippen molar-refractivity contribution in [3.8, 4) is 11.3 Å². The number of carbonyl (C=O) groups is 1. The van der Waals surface area contributed by atoms with Gasteiger partial charge in [0, 0.05) is 18.7 Å². The lowest BCUT2D eigenvalue weighted by molar-refractivity contribution is -0.121. The van der Waals surface area contributed by atoms with Crippen molar-refractivity contribution in [2.45, 2.75) is 32.7 Å². The average molecular weight is 327 g/mol. The van der Waals surface area contributed by atoms with Crippen LogP contribution in [0.5, 0.6) is 0 Å². The fraction of sp³-hybridized carbons (Fsp3) is 0.500. The molecule has 2 aromatic rings. The maximum absolute atomic E-state index is 12.2. The molecule has 1 N–H and O–H groups in total. The van der Waals surface area contributed by atoms with E-state index in [2.05, 4.69) is 20.5 Å². The average Bonchev–Trinajstić information content (AvgIpc) is 2.97. The predicted molar refractivity (Wildman–Crippen MR) is 93.5 cm³/mol. The molecule has 1 amide bonds. The van der Waals surface area contributed by atoms with E-state index in [0.717, 1.165) is 36.6 Å². The third-order valence-corrected chi connectivity index (χ3v) is 4.44. The van der Waals surface area contributed by atoms with E-state index in [4.69, 9.17) is 0 Å². The number of nitrogens with one attached hydrogen (secondary N) is 1. The van der Waals surface area contributed by atoms with Crippen LogP contribution in [0.3, 0.4) is 0 Å². The standard InChI is InChI=1S/C18H25N5O/c1-15-18(16-8-4-2-5-9-16)23(21-20-15)14-17(24)19-10-13-22-11-6-3-7-12-22/h2,4-5,8-9H,3,6-7,10-14H2,1H3,(H,19,24). The number of nitrogens with zero attached hydrogens (tertiary/aromatic N) is 4. The number of hydrogen-bond donors (Lipinski definition) is 1. The molecule has 24 heavy (non-hydrogen) atoms. The van der Waals surface area contributed by atoms with Gasteiger partial charge >= 0.3 is 0 Å². The zero-order valence-electron chi connectivity index (χ0n) is 14.2. The van der Waals surface area contributed by atoms with Crippen molar-refractivity contribution in [2.75, 3.05) is 26.2 Å². The fourth-order valence-electron chi connectivity index (χ4n) is 3.19. The summed E-state index contributed by atoms with van der Waals surface area (Å²) in [4.78, 5) is 14.6. The minimum absolute atomic E-state index is 0.0194. The van der Waals surface area contributed by atoms with Crippen LogP contribution in [0.15, 0.2) is 30.3 Å². The van der Waals surface area contributed by atoms with Gasteiger partial charge in [-0.1, -0.05) is 42.0 Å². The Bertz CT molecular complexity index is 661. The maximum atomic E-state index is 12.2. The Morgan fingerprint density at radius 3 is 2.67 bits per heavy atom. The highest BCUT2D eigenvalue weighted by Crippen LogP contribution is 2.21. The molecule has 1 aromatic heterocycles. The number of amides is 1. The summed E-state index contributed by atoms with van der Waals surface area (Å²) < 4.78 is 1.68. The number of carbonyl (C=O) groups excluding carboxylic acids is 1. The van der Waals surface area contributed by atoms with Crippen molar-refractivity contribution >= 4 is 5.91 Å². The summed E-state index contributed by atoms with van der Waals surface area (Å²) in [6, 6.07) is 9.95. The van der Waals surface area contributed by atoms with E-state index in [1.807, 2.05) is 37.3 Å². The van der Waals surface area contributed by atoms with Crippen LogP contribution < -0.4 is 5.32 Å². The monoisotopic (exact) mass is 327 g/mol. The van der Waals surface area contributed by atoms with Crippen molar-refractivity contribution in [3.63, 3.8) is 0 Å². The topological polar surface area (TPSA) is 63.1 Å². The van der Waals surface area contributed by atoms with E-state index in [-0.39, 0.29) is 12.5 Å². The molecule has 2 heterocycles. The molecule has 1 aliphatic rings. The van der Waals surface area contributed by atoms with Crippen molar-refractivity contribution in [3.05, 3.63) is 36.0 Å². The minimum atomic E-state index is -0.0194. The van der Waals surface area contributed by atoms with Crippen LogP contribution in [0.25, 0.3) is 11.3 Å². The first-order valence-electron chi connectivity index (χ1n) is 8.68. The fourth-order valence-corrected chi connectivity index (χ4v) is 3.19. The van der Waals surface area contributed by atoms with Gasteiger partial charge in [-0.15, -0.1) is 5.10 Å². The van der Waals surface area contributed by atoms with Crippen molar-refractivity contribution in [1.29, 1.82) is 0 Å². The van der Waals surface area contributed by atoms with E-state index in [9.17, 15) is 4.79 Å². The number of aromatic nitrogens is 3. The van der Waals surface area contributed by atoms with Crippen molar-refractivity contribution in [2.24, 2.45) is 0 Å². The van der Waals surface area contributed by atoms with E-state index in [0.29, 0.717) is 6.54 Å². The summed E-state index contributed by atoms with van der Waals surface area (Å²) in [7, 11) is 0. The highest BCUT2D eigenvalue weighted by molar-refractivity contribution is 5.76. The van der Waals surface area contributed by atoms with Crippen LogP contribution >= 0.6 is 0 Å². The first-order valence-corrected chi connectivity index (χ1v) is 8.68. The second-order valence-electron chi connectivity index (χ2n) is 6.30. The van der Waals surface area contributed by atoms with Gasteiger partial charge in [0.25, 0.3) is 0 Å². The lowest BCUT2D eigenvalue weighted by Gasteiger charge is -2.26. The maximum Gasteiger partial charge on any atom is 0.241 e. The summed E-state index contributed by atoms with van der Waals surface area (Å²) in [5.41, 5.74) is 2.77. The summed E-state index contributed by atoms with van der Waals surface area (Å²) in [5, 5.41) is 11.2. The van der Waals surface area contributed by atoms with E-state index >= 15 is 0 Å². The highest BCUT2D eigenvalue weighted by Gasteiger charge is 2.14. The summed E-state index contributed by atoms with van der Waals surface area (Å²) in [5.74, 6) is -0.0194. The molecule has 0 radical (unpaired) electrons. The minimum Gasteiger partial charge on any atom is -0.353 e. The van der Waals surface area contributed by atoms with Gasteiger partial charge < -0.3 is 10.2 Å². The van der Waals surface area contributed by atoms with Crippen LogP contribution in [0.4, 0.5) is 0 Å². The molecule has 6 heteroatoms. The SMILES string of the molecule is Cc1nnn(CC(=O)NCCN2CCCCC2)c1-c1ccccc1. The molecule has 0 spiro atoms. The Balaban J connectivity index is 1.55. The molecule has 0 saturated carbocycles. The lowest BCUT2D eigenvalue weighted by Crippen LogP contribution is -2.38. The van der Waals surface area contributed by atoms with E-state index < -0.39 is 0 Å². The number of likely N-dealkylation sites (tertiary alicyclic amines) is 1. The zero-order valence-corrected chi connectivity index (χ0v) is 14.2. The number of rotatable bonds is 6. The van der Waals surface area contributed by atoms with Gasteiger partial charge in [-0.05, 0) is 32.9 Å². The Hall–Kier alpha value is -2.21. The second kappa shape index (κ2) is 8.06. The molecule has 0 atom stereocenters. The van der Waals surface area contributed by atoms with E-state index in [1.165, 1.54) is 19.3 Å². The Morgan fingerprint density at radius 2 is 1.92 bits per heavy atom. The van der Waals surface area contributed by atoms with Crippen molar-refractivity contribution < 1.29 is 4.79 Å². The first kappa shape index (κ1) is 16.6. The van der Waals surface area contributed by atoms with Crippen LogP contribution in [-0.2, 0) is 11.3 Å². The van der Waals surface area contributed by atoms with Crippen LogP contribution in [0.2, 0.25) is 0 Å². The number of benzene rings is 1. The number of piperidine rings is 1. The van der Waals surface area contributed by atoms with Gasteiger partial charge in [-0.2, -0.15) is 0 Å². The first-order chi connectivity index (χ1) is 11.7. The smallest absolute Gasteiger partial charge is 0.241 e. The van der Waals surface area contributed by atoms with Gasteiger partial charge in [0.15, 0.2) is 0 Å². The van der Waals surface area contributed by atoms with Gasteiger partial charge in [-0.3, -0.25) is 4.79 Å². The molecule has 1 aliphatic heterocycles. The summed E-state index contributed by atoms with van der Waals surface area (Å²) >= 11 is 0. The summed E-state index contributed by atoms with van der Waals surface area (Å²) in [6.45, 7) is 6.03. The van der Waals surface area contributed by atoms with Crippen molar-refractivity contribution in [1.82, 2.24) is 25.2 Å².